The number of benzene rings is 1. The fraction of sp³-hybridized carbons (Fsp3) is 0.650. The van der Waals surface area contributed by atoms with Gasteiger partial charge in [-0.15, -0.1) is 0 Å². The lowest BCUT2D eigenvalue weighted by molar-refractivity contribution is -0.137. The maximum absolute atomic E-state index is 12.8. The lowest BCUT2D eigenvalue weighted by atomic mass is 9.95. The van der Waals surface area contributed by atoms with Crippen molar-refractivity contribution in [2.24, 2.45) is 17.6 Å². The van der Waals surface area contributed by atoms with Crippen LogP contribution in [-0.2, 0) is 11.0 Å². The molecule has 4 nitrogen and oxygen atoms in total. The average molecular weight is 383 g/mol. The number of hydrogen-bond donors (Lipinski definition) is 1. The molecular formula is C20H28F3N3O. The highest BCUT2D eigenvalue weighted by Gasteiger charge is 2.45. The summed E-state index contributed by atoms with van der Waals surface area (Å²) in [5.74, 6) is 0.645. The third-order valence-electron chi connectivity index (χ3n) is 6.28. The van der Waals surface area contributed by atoms with Crippen molar-refractivity contribution in [3.8, 4) is 0 Å². The molecule has 1 aromatic rings. The second-order valence-electron chi connectivity index (χ2n) is 7.89. The van der Waals surface area contributed by atoms with Gasteiger partial charge in [-0.1, -0.05) is 13.3 Å². The minimum atomic E-state index is -4.31. The Kier molecular flexibility index (Phi) is 5.70. The topological polar surface area (TPSA) is 49.6 Å². The van der Waals surface area contributed by atoms with Crippen LogP contribution < -0.4 is 10.6 Å². The minimum absolute atomic E-state index is 0.251. The monoisotopic (exact) mass is 383 g/mol. The summed E-state index contributed by atoms with van der Waals surface area (Å²) >= 11 is 0. The number of carbonyl (C=O) groups is 1. The van der Waals surface area contributed by atoms with E-state index in [-0.39, 0.29) is 11.9 Å². The third-order valence-corrected chi connectivity index (χ3v) is 6.28. The Morgan fingerprint density at radius 2 is 1.93 bits per heavy atom. The Labute approximate surface area is 158 Å². The van der Waals surface area contributed by atoms with Gasteiger partial charge in [-0.05, 0) is 62.4 Å². The highest BCUT2D eigenvalue weighted by molar-refractivity contribution is 5.79. The molecule has 2 aliphatic rings. The molecule has 0 spiro atoms. The molecule has 27 heavy (non-hydrogen) atoms. The van der Waals surface area contributed by atoms with Crippen molar-refractivity contribution >= 4 is 11.6 Å². The summed E-state index contributed by atoms with van der Waals surface area (Å²) in [6.07, 6.45) is -0.537. The number of carbonyl (C=O) groups excluding carboxylic acids is 1. The highest BCUT2D eigenvalue weighted by atomic mass is 19.4. The van der Waals surface area contributed by atoms with Gasteiger partial charge in [0.25, 0.3) is 0 Å². The van der Waals surface area contributed by atoms with Crippen LogP contribution in [0.2, 0.25) is 0 Å². The summed E-state index contributed by atoms with van der Waals surface area (Å²) in [6.45, 7) is 3.71. The summed E-state index contributed by atoms with van der Waals surface area (Å²) in [6, 6.07) is 5.46. The van der Waals surface area contributed by atoms with Gasteiger partial charge in [0.2, 0.25) is 5.91 Å². The first-order valence-corrected chi connectivity index (χ1v) is 9.65. The van der Waals surface area contributed by atoms with Crippen molar-refractivity contribution in [3.63, 3.8) is 0 Å². The molecule has 4 atom stereocenters. The van der Waals surface area contributed by atoms with Crippen molar-refractivity contribution in [2.75, 3.05) is 25.0 Å². The van der Waals surface area contributed by atoms with Gasteiger partial charge in [0, 0.05) is 24.8 Å². The molecule has 0 aromatic heterocycles. The van der Waals surface area contributed by atoms with Gasteiger partial charge in [-0.3, -0.25) is 9.69 Å². The maximum Gasteiger partial charge on any atom is 0.416 e. The number of amides is 1. The van der Waals surface area contributed by atoms with Crippen LogP contribution in [0.15, 0.2) is 24.3 Å². The molecule has 2 N–H and O–H groups in total. The number of nitrogens with zero attached hydrogens (tertiary/aromatic N) is 2. The van der Waals surface area contributed by atoms with E-state index < -0.39 is 11.7 Å². The molecule has 1 saturated heterocycles. The molecule has 7 heteroatoms. The van der Waals surface area contributed by atoms with Crippen molar-refractivity contribution in [2.45, 2.75) is 50.9 Å². The van der Waals surface area contributed by atoms with Gasteiger partial charge in [-0.2, -0.15) is 13.2 Å². The maximum atomic E-state index is 12.8. The summed E-state index contributed by atoms with van der Waals surface area (Å²) in [7, 11) is 1.99. The van der Waals surface area contributed by atoms with E-state index in [0.29, 0.717) is 17.9 Å². The number of likely N-dealkylation sites (N-methyl/N-ethyl adjacent to an activating group) is 1. The number of halogens is 3. The summed E-state index contributed by atoms with van der Waals surface area (Å²) in [5.41, 5.74) is 5.83. The lowest BCUT2D eigenvalue weighted by Crippen LogP contribution is -2.49. The van der Waals surface area contributed by atoms with Crippen molar-refractivity contribution in [1.82, 2.24) is 4.90 Å². The van der Waals surface area contributed by atoms with Crippen LogP contribution in [0, 0.1) is 11.8 Å². The number of hydrogen-bond acceptors (Lipinski definition) is 3. The number of nitrogens with two attached hydrogens (primary N) is 1. The van der Waals surface area contributed by atoms with Gasteiger partial charge in [0.1, 0.15) is 0 Å². The molecule has 1 saturated carbocycles. The molecule has 1 amide bonds. The van der Waals surface area contributed by atoms with Gasteiger partial charge in [-0.25, -0.2) is 0 Å². The van der Waals surface area contributed by atoms with E-state index >= 15 is 0 Å². The van der Waals surface area contributed by atoms with Crippen LogP contribution in [0.5, 0.6) is 0 Å². The standard InChI is InChI=1S/C20H28F3N3O/c1-3-4-18(19(24)27)25(2)17-10-5-13-11-26(12-16(13)17)15-8-6-14(7-9-15)20(21,22)23/h6-9,13,16-18H,3-5,10-12H2,1-2H3,(H2,24,27)/t13-,16+,17+,18+/m1/s1. The van der Waals surface area contributed by atoms with Gasteiger partial charge < -0.3 is 10.6 Å². The van der Waals surface area contributed by atoms with Gasteiger partial charge in [0.05, 0.1) is 11.6 Å². The number of alkyl halides is 3. The molecule has 150 valence electrons. The van der Waals surface area contributed by atoms with E-state index in [1.807, 2.05) is 14.0 Å². The largest absolute Gasteiger partial charge is 0.416 e. The Morgan fingerprint density at radius 1 is 1.26 bits per heavy atom. The van der Waals surface area contributed by atoms with Crippen LogP contribution >= 0.6 is 0 Å². The van der Waals surface area contributed by atoms with Crippen LogP contribution in [0.25, 0.3) is 0 Å². The van der Waals surface area contributed by atoms with E-state index in [0.717, 1.165) is 56.6 Å². The zero-order valence-corrected chi connectivity index (χ0v) is 15.9. The van der Waals surface area contributed by atoms with Crippen LogP contribution in [0.3, 0.4) is 0 Å². The fourth-order valence-electron chi connectivity index (χ4n) is 4.87. The van der Waals surface area contributed by atoms with Crippen LogP contribution in [-0.4, -0.2) is 43.0 Å². The first-order valence-electron chi connectivity index (χ1n) is 9.65. The Balaban J connectivity index is 1.70. The molecular weight excluding hydrogens is 355 g/mol. The van der Waals surface area contributed by atoms with Crippen molar-refractivity contribution in [1.29, 1.82) is 0 Å². The quantitative estimate of drug-likeness (QED) is 0.818. The predicted molar refractivity (Wildman–Crippen MR) is 99.3 cm³/mol. The van der Waals surface area contributed by atoms with Gasteiger partial charge >= 0.3 is 6.18 Å². The fourth-order valence-corrected chi connectivity index (χ4v) is 4.87. The van der Waals surface area contributed by atoms with Gasteiger partial charge in [0.15, 0.2) is 0 Å². The Bertz CT molecular complexity index is 661. The second kappa shape index (κ2) is 7.70. The summed E-state index contributed by atoms with van der Waals surface area (Å²) in [4.78, 5) is 16.2. The second-order valence-corrected chi connectivity index (χ2v) is 7.89. The normalized spacial score (nSPS) is 26.4. The molecule has 0 radical (unpaired) electrons. The SMILES string of the molecule is CCC[C@@H](C(N)=O)N(C)[C@H]1CC[C@@H]2CN(c3ccc(C(F)(F)F)cc3)C[C@@H]21. The Morgan fingerprint density at radius 3 is 2.48 bits per heavy atom. The van der Waals surface area contributed by atoms with E-state index in [9.17, 15) is 18.0 Å². The van der Waals surface area contributed by atoms with E-state index in [4.69, 9.17) is 5.73 Å². The summed E-state index contributed by atoms with van der Waals surface area (Å²) in [5, 5.41) is 0. The van der Waals surface area contributed by atoms with E-state index in [1.165, 1.54) is 0 Å². The van der Waals surface area contributed by atoms with E-state index in [2.05, 4.69) is 9.80 Å². The molecule has 1 aliphatic carbocycles. The third kappa shape index (κ3) is 4.08. The van der Waals surface area contributed by atoms with Crippen molar-refractivity contribution in [3.05, 3.63) is 29.8 Å². The van der Waals surface area contributed by atoms with Crippen LogP contribution in [0.1, 0.15) is 38.2 Å². The molecule has 0 unspecified atom stereocenters. The molecule has 2 fully saturated rings. The number of anilines is 1. The average Bonchev–Trinajstić information content (AvgIpc) is 3.18. The Hall–Kier alpha value is -1.76. The summed E-state index contributed by atoms with van der Waals surface area (Å²) < 4.78 is 38.3. The zero-order chi connectivity index (χ0) is 19.8. The molecule has 1 aliphatic heterocycles. The molecule has 0 bridgehead atoms. The van der Waals surface area contributed by atoms with Crippen molar-refractivity contribution < 1.29 is 18.0 Å². The predicted octanol–water partition coefficient (Wildman–Crippen LogP) is 3.51. The number of fused-ring (bicyclic) bond motifs is 1. The zero-order valence-electron chi connectivity index (χ0n) is 15.9. The lowest BCUT2D eigenvalue weighted by Gasteiger charge is -2.34. The highest BCUT2D eigenvalue weighted by Crippen LogP contribution is 2.43. The minimum Gasteiger partial charge on any atom is -0.371 e. The number of primary amides is 1. The van der Waals surface area contributed by atoms with E-state index in [1.54, 1.807) is 12.1 Å². The molecule has 1 heterocycles. The number of rotatable bonds is 6. The first kappa shape index (κ1) is 20.0. The smallest absolute Gasteiger partial charge is 0.371 e. The van der Waals surface area contributed by atoms with Crippen LogP contribution in [0.4, 0.5) is 18.9 Å². The first-order chi connectivity index (χ1) is 12.7. The molecule has 3 rings (SSSR count). The molecule has 1 aromatic carbocycles.